The highest BCUT2D eigenvalue weighted by molar-refractivity contribution is 5.85. The van der Waals surface area contributed by atoms with Crippen molar-refractivity contribution in [1.82, 2.24) is 4.98 Å². The zero-order valence-electron chi connectivity index (χ0n) is 11.1. The number of pyridine rings is 1. The fraction of sp³-hybridized carbons (Fsp3) is 0.200. The molecule has 0 atom stereocenters. The summed E-state index contributed by atoms with van der Waals surface area (Å²) in [5, 5.41) is 8.85. The highest BCUT2D eigenvalue weighted by atomic mass is 16.5. The molecule has 0 saturated carbocycles. The predicted molar refractivity (Wildman–Crippen MR) is 72.7 cm³/mol. The highest BCUT2D eigenvalue weighted by Gasteiger charge is 2.05. The molecule has 0 bridgehead atoms. The molecule has 0 radical (unpaired) electrons. The summed E-state index contributed by atoms with van der Waals surface area (Å²) >= 11 is 0. The molecule has 1 N–H and O–H groups in total. The molecule has 0 amide bonds. The number of carboxylic acids is 1. The Balaban J connectivity index is 1.88. The summed E-state index contributed by atoms with van der Waals surface area (Å²) < 4.78 is 10.6. The normalized spacial score (nSPS) is 10.2. The van der Waals surface area contributed by atoms with Crippen LogP contribution in [0, 0.1) is 0 Å². The van der Waals surface area contributed by atoms with Crippen LogP contribution in [0.4, 0.5) is 0 Å². The van der Waals surface area contributed by atoms with Gasteiger partial charge in [0.2, 0.25) is 0 Å². The maximum atomic E-state index is 10.8. The fourth-order valence-electron chi connectivity index (χ4n) is 1.67. The maximum Gasteiger partial charge on any atom is 0.354 e. The van der Waals surface area contributed by atoms with Gasteiger partial charge in [0.25, 0.3) is 0 Å². The first-order chi connectivity index (χ1) is 9.69. The van der Waals surface area contributed by atoms with Crippen molar-refractivity contribution >= 4 is 5.97 Å². The number of rotatable bonds is 6. The molecule has 0 aliphatic rings. The van der Waals surface area contributed by atoms with Gasteiger partial charge < -0.3 is 14.6 Å². The summed E-state index contributed by atoms with van der Waals surface area (Å²) in [6.07, 6.45) is 0. The minimum Gasteiger partial charge on any atom is -0.497 e. The van der Waals surface area contributed by atoms with Gasteiger partial charge in [-0.1, -0.05) is 18.2 Å². The van der Waals surface area contributed by atoms with Crippen LogP contribution in [0.1, 0.15) is 21.7 Å². The van der Waals surface area contributed by atoms with Crippen LogP contribution >= 0.6 is 0 Å². The number of carbonyl (C=O) groups is 1. The van der Waals surface area contributed by atoms with E-state index in [-0.39, 0.29) is 12.3 Å². The molecule has 20 heavy (non-hydrogen) atoms. The van der Waals surface area contributed by atoms with E-state index in [1.165, 1.54) is 6.07 Å². The molecule has 0 saturated heterocycles. The summed E-state index contributed by atoms with van der Waals surface area (Å²) in [5.74, 6) is -0.244. The standard InChI is InChI=1S/C15H15NO4/c1-19-13-7-5-11(6-8-13)9-20-10-12-3-2-4-14(16-12)15(17)18/h2-8H,9-10H2,1H3,(H,17,18). The third-order valence-electron chi connectivity index (χ3n) is 2.70. The van der Waals surface area contributed by atoms with E-state index in [1.54, 1.807) is 19.2 Å². The van der Waals surface area contributed by atoms with Crippen LogP contribution in [-0.4, -0.2) is 23.2 Å². The Morgan fingerprint density at radius 1 is 1.15 bits per heavy atom. The highest BCUT2D eigenvalue weighted by Crippen LogP contribution is 2.12. The lowest BCUT2D eigenvalue weighted by atomic mass is 10.2. The first-order valence-corrected chi connectivity index (χ1v) is 6.09. The van der Waals surface area contributed by atoms with E-state index in [4.69, 9.17) is 14.6 Å². The minimum atomic E-state index is -1.04. The van der Waals surface area contributed by atoms with Crippen molar-refractivity contribution in [2.24, 2.45) is 0 Å². The van der Waals surface area contributed by atoms with Crippen LogP contribution < -0.4 is 4.74 Å². The summed E-state index contributed by atoms with van der Waals surface area (Å²) in [6, 6.07) is 12.4. The number of aromatic nitrogens is 1. The Morgan fingerprint density at radius 3 is 2.55 bits per heavy atom. The Labute approximate surface area is 116 Å². The number of nitrogens with zero attached hydrogens (tertiary/aromatic N) is 1. The topological polar surface area (TPSA) is 68.7 Å². The first kappa shape index (κ1) is 14.0. The second-order valence-corrected chi connectivity index (χ2v) is 4.16. The summed E-state index contributed by atoms with van der Waals surface area (Å²) in [6.45, 7) is 0.704. The molecule has 0 spiro atoms. The Bertz CT molecular complexity index is 581. The second kappa shape index (κ2) is 6.68. The van der Waals surface area contributed by atoms with E-state index in [0.29, 0.717) is 12.3 Å². The molecule has 0 aliphatic carbocycles. The fourth-order valence-corrected chi connectivity index (χ4v) is 1.67. The van der Waals surface area contributed by atoms with Gasteiger partial charge in [-0.25, -0.2) is 9.78 Å². The molecular formula is C15H15NO4. The molecule has 0 unspecified atom stereocenters. The van der Waals surface area contributed by atoms with Gasteiger partial charge in [-0.05, 0) is 29.8 Å². The van der Waals surface area contributed by atoms with Gasteiger partial charge in [0.15, 0.2) is 0 Å². The molecule has 1 heterocycles. The van der Waals surface area contributed by atoms with Crippen molar-refractivity contribution in [3.8, 4) is 5.75 Å². The van der Waals surface area contributed by atoms with Crippen molar-refractivity contribution in [3.05, 3.63) is 59.4 Å². The lowest BCUT2D eigenvalue weighted by molar-refractivity contribution is 0.0688. The number of hydrogen-bond donors (Lipinski definition) is 1. The average Bonchev–Trinajstić information content (AvgIpc) is 2.48. The molecule has 104 valence electrons. The molecule has 5 nitrogen and oxygen atoms in total. The first-order valence-electron chi connectivity index (χ1n) is 6.09. The van der Waals surface area contributed by atoms with Crippen molar-refractivity contribution in [3.63, 3.8) is 0 Å². The van der Waals surface area contributed by atoms with E-state index in [1.807, 2.05) is 24.3 Å². The smallest absolute Gasteiger partial charge is 0.354 e. The Hall–Kier alpha value is -2.40. The summed E-state index contributed by atoms with van der Waals surface area (Å²) in [5.41, 5.74) is 1.63. The third-order valence-corrected chi connectivity index (χ3v) is 2.70. The van der Waals surface area contributed by atoms with Gasteiger partial charge >= 0.3 is 5.97 Å². The van der Waals surface area contributed by atoms with E-state index in [2.05, 4.69) is 4.98 Å². The molecular weight excluding hydrogens is 258 g/mol. The molecule has 1 aromatic carbocycles. The molecule has 2 aromatic rings. The van der Waals surface area contributed by atoms with Crippen LogP contribution in [0.25, 0.3) is 0 Å². The van der Waals surface area contributed by atoms with Crippen LogP contribution in [0.15, 0.2) is 42.5 Å². The molecule has 2 rings (SSSR count). The lowest BCUT2D eigenvalue weighted by Gasteiger charge is -2.06. The van der Waals surface area contributed by atoms with Crippen molar-refractivity contribution in [1.29, 1.82) is 0 Å². The number of aromatic carboxylic acids is 1. The van der Waals surface area contributed by atoms with Gasteiger partial charge in [-0.3, -0.25) is 0 Å². The maximum absolute atomic E-state index is 10.8. The average molecular weight is 273 g/mol. The van der Waals surface area contributed by atoms with E-state index >= 15 is 0 Å². The van der Waals surface area contributed by atoms with E-state index in [9.17, 15) is 4.79 Å². The van der Waals surface area contributed by atoms with Crippen molar-refractivity contribution < 1.29 is 19.4 Å². The zero-order chi connectivity index (χ0) is 14.4. The SMILES string of the molecule is COc1ccc(COCc2cccc(C(=O)O)n2)cc1. The summed E-state index contributed by atoms with van der Waals surface area (Å²) in [4.78, 5) is 14.8. The quantitative estimate of drug-likeness (QED) is 0.875. The number of ether oxygens (including phenoxy) is 2. The van der Waals surface area contributed by atoms with Crippen LogP contribution in [0.5, 0.6) is 5.75 Å². The van der Waals surface area contributed by atoms with Gasteiger partial charge in [-0.2, -0.15) is 0 Å². The molecule has 5 heteroatoms. The van der Waals surface area contributed by atoms with Crippen LogP contribution in [0.3, 0.4) is 0 Å². The predicted octanol–water partition coefficient (Wildman–Crippen LogP) is 2.51. The van der Waals surface area contributed by atoms with Crippen LogP contribution in [0.2, 0.25) is 0 Å². The van der Waals surface area contributed by atoms with Crippen molar-refractivity contribution in [2.75, 3.05) is 7.11 Å². The Morgan fingerprint density at radius 2 is 1.90 bits per heavy atom. The van der Waals surface area contributed by atoms with Gasteiger partial charge in [0.1, 0.15) is 11.4 Å². The zero-order valence-corrected chi connectivity index (χ0v) is 11.1. The monoisotopic (exact) mass is 273 g/mol. The number of benzene rings is 1. The largest absolute Gasteiger partial charge is 0.497 e. The molecule has 0 fully saturated rings. The van der Waals surface area contributed by atoms with Crippen molar-refractivity contribution in [2.45, 2.75) is 13.2 Å². The third kappa shape index (κ3) is 3.80. The van der Waals surface area contributed by atoms with Gasteiger partial charge in [-0.15, -0.1) is 0 Å². The number of methoxy groups -OCH3 is 1. The minimum absolute atomic E-state index is 0.0237. The number of carboxylic acid groups (broad SMARTS) is 1. The second-order valence-electron chi connectivity index (χ2n) is 4.16. The van der Waals surface area contributed by atoms with Crippen LogP contribution in [-0.2, 0) is 18.0 Å². The molecule has 1 aromatic heterocycles. The van der Waals surface area contributed by atoms with E-state index < -0.39 is 5.97 Å². The summed E-state index contributed by atoms with van der Waals surface area (Å²) in [7, 11) is 1.62. The van der Waals surface area contributed by atoms with Gasteiger partial charge in [0, 0.05) is 0 Å². The lowest BCUT2D eigenvalue weighted by Crippen LogP contribution is -2.03. The Kier molecular flexibility index (Phi) is 4.68. The van der Waals surface area contributed by atoms with E-state index in [0.717, 1.165) is 11.3 Å². The van der Waals surface area contributed by atoms with Gasteiger partial charge in [0.05, 0.1) is 26.0 Å². The molecule has 0 aliphatic heterocycles. The number of hydrogen-bond acceptors (Lipinski definition) is 4.